The van der Waals surface area contributed by atoms with Crippen LogP contribution in [0.25, 0.3) is 0 Å². The van der Waals surface area contributed by atoms with E-state index in [-0.39, 0.29) is 6.61 Å². The predicted molar refractivity (Wildman–Crippen MR) is 110 cm³/mol. The number of benzene rings is 1. The largest absolute Gasteiger partial charge is 0.455 e. The molecular formula is C21H28O8S. The van der Waals surface area contributed by atoms with Gasteiger partial charge in [0.25, 0.3) is 0 Å². The van der Waals surface area contributed by atoms with Gasteiger partial charge in [-0.3, -0.25) is 14.4 Å². The van der Waals surface area contributed by atoms with Crippen molar-refractivity contribution in [1.29, 1.82) is 0 Å². The lowest BCUT2D eigenvalue weighted by Crippen LogP contribution is -2.57. The second kappa shape index (κ2) is 10.8. The summed E-state index contributed by atoms with van der Waals surface area (Å²) in [7, 11) is 0. The van der Waals surface area contributed by atoms with Crippen molar-refractivity contribution in [3.05, 3.63) is 34.9 Å². The van der Waals surface area contributed by atoms with E-state index in [2.05, 4.69) is 0 Å². The minimum absolute atomic E-state index is 0.155. The standard InChI is InChI=1S/C21H28O8S/c1-6-14-7-8-15(9-16(14)10-22)17-18(26-11(2)23)19(27-12(3)24)20(28-13(4)25)21(29-17)30-5/h7-9,17-22H,6,10H2,1-5H3/t17-,18-,19+,20-,21+/m0/s1. The third-order valence-electron chi connectivity index (χ3n) is 4.74. The molecule has 0 aromatic heterocycles. The van der Waals surface area contributed by atoms with Crippen molar-refractivity contribution >= 4 is 29.7 Å². The fraction of sp³-hybridized carbons (Fsp3) is 0.571. The number of ether oxygens (including phenoxy) is 4. The number of carbonyl (C=O) groups excluding carboxylic acids is 3. The van der Waals surface area contributed by atoms with E-state index < -0.39 is 47.8 Å². The maximum absolute atomic E-state index is 11.9. The average Bonchev–Trinajstić information content (AvgIpc) is 2.69. The molecule has 8 nitrogen and oxygen atoms in total. The lowest BCUT2D eigenvalue weighted by atomic mass is 9.91. The van der Waals surface area contributed by atoms with Crippen LogP contribution in [0.2, 0.25) is 0 Å². The third-order valence-corrected chi connectivity index (χ3v) is 5.59. The molecule has 2 rings (SSSR count). The number of hydrogen-bond acceptors (Lipinski definition) is 9. The molecule has 1 N–H and O–H groups in total. The summed E-state index contributed by atoms with van der Waals surface area (Å²) in [6.07, 6.45) is -1.34. The maximum Gasteiger partial charge on any atom is 0.303 e. The van der Waals surface area contributed by atoms with Gasteiger partial charge in [-0.05, 0) is 29.4 Å². The van der Waals surface area contributed by atoms with E-state index in [0.717, 1.165) is 17.5 Å². The molecule has 1 aromatic carbocycles. The van der Waals surface area contributed by atoms with Crippen molar-refractivity contribution in [1.82, 2.24) is 0 Å². The highest BCUT2D eigenvalue weighted by atomic mass is 32.2. The SMILES string of the molecule is CCc1ccc([C@@H]2O[C@H](SC)[C@@H](OC(C)=O)[C@H](OC(C)=O)[C@H]2OC(C)=O)cc1CO. The van der Waals surface area contributed by atoms with Gasteiger partial charge in [-0.1, -0.05) is 25.1 Å². The topological polar surface area (TPSA) is 108 Å². The van der Waals surface area contributed by atoms with Gasteiger partial charge in [0, 0.05) is 20.8 Å². The van der Waals surface area contributed by atoms with E-state index in [1.54, 1.807) is 12.3 Å². The number of thioether (sulfide) groups is 1. The summed E-state index contributed by atoms with van der Waals surface area (Å²) in [4.78, 5) is 35.3. The molecule has 0 aliphatic carbocycles. The van der Waals surface area contributed by atoms with E-state index in [0.29, 0.717) is 5.56 Å². The molecule has 0 radical (unpaired) electrons. The highest BCUT2D eigenvalue weighted by molar-refractivity contribution is 7.99. The minimum atomic E-state index is -1.06. The second-order valence-electron chi connectivity index (χ2n) is 6.92. The van der Waals surface area contributed by atoms with Gasteiger partial charge >= 0.3 is 17.9 Å². The Labute approximate surface area is 180 Å². The average molecular weight is 441 g/mol. The molecule has 0 saturated carbocycles. The molecule has 1 heterocycles. The Morgan fingerprint density at radius 1 is 0.967 bits per heavy atom. The fourth-order valence-electron chi connectivity index (χ4n) is 3.55. The second-order valence-corrected chi connectivity index (χ2v) is 7.86. The fourth-order valence-corrected chi connectivity index (χ4v) is 4.26. The van der Waals surface area contributed by atoms with Crippen LogP contribution in [0.4, 0.5) is 0 Å². The van der Waals surface area contributed by atoms with E-state index in [9.17, 15) is 19.5 Å². The molecule has 1 aliphatic heterocycles. The molecule has 0 unspecified atom stereocenters. The van der Waals surface area contributed by atoms with Gasteiger partial charge < -0.3 is 24.1 Å². The Morgan fingerprint density at radius 2 is 1.53 bits per heavy atom. The zero-order valence-corrected chi connectivity index (χ0v) is 18.6. The molecule has 0 spiro atoms. The molecule has 30 heavy (non-hydrogen) atoms. The number of aliphatic hydroxyl groups excluding tert-OH is 1. The number of esters is 3. The zero-order valence-electron chi connectivity index (χ0n) is 17.7. The Balaban J connectivity index is 2.55. The first-order valence-electron chi connectivity index (χ1n) is 9.64. The summed E-state index contributed by atoms with van der Waals surface area (Å²) in [5, 5.41) is 9.74. The molecule has 1 aliphatic rings. The molecule has 0 amide bonds. The molecule has 1 saturated heterocycles. The highest BCUT2D eigenvalue weighted by Crippen LogP contribution is 2.40. The Morgan fingerprint density at radius 3 is 2.03 bits per heavy atom. The maximum atomic E-state index is 11.9. The minimum Gasteiger partial charge on any atom is -0.455 e. The molecule has 0 bridgehead atoms. The number of aliphatic hydroxyl groups is 1. The van der Waals surface area contributed by atoms with Gasteiger partial charge in [0.15, 0.2) is 18.3 Å². The lowest BCUT2D eigenvalue weighted by Gasteiger charge is -2.44. The van der Waals surface area contributed by atoms with Gasteiger partial charge in [0.1, 0.15) is 11.5 Å². The van der Waals surface area contributed by atoms with Crippen molar-refractivity contribution in [3.63, 3.8) is 0 Å². The van der Waals surface area contributed by atoms with Crippen LogP contribution in [0, 0.1) is 0 Å². The van der Waals surface area contributed by atoms with Crippen LogP contribution in [0.3, 0.4) is 0 Å². The summed E-state index contributed by atoms with van der Waals surface area (Å²) in [6, 6.07) is 5.49. The summed E-state index contributed by atoms with van der Waals surface area (Å²) in [6.45, 7) is 5.54. The smallest absolute Gasteiger partial charge is 0.303 e. The Kier molecular flexibility index (Phi) is 8.69. The first-order chi connectivity index (χ1) is 14.2. The molecule has 9 heteroatoms. The van der Waals surface area contributed by atoms with Gasteiger partial charge in [0.05, 0.1) is 6.61 Å². The number of hydrogen-bond donors (Lipinski definition) is 1. The Bertz CT molecular complexity index is 780. The normalized spacial score (nSPS) is 26.0. The number of carbonyl (C=O) groups is 3. The first-order valence-corrected chi connectivity index (χ1v) is 10.9. The lowest BCUT2D eigenvalue weighted by molar-refractivity contribution is -0.233. The molecule has 1 aromatic rings. The van der Waals surface area contributed by atoms with Crippen molar-refractivity contribution in [2.75, 3.05) is 6.26 Å². The molecule has 166 valence electrons. The highest BCUT2D eigenvalue weighted by Gasteiger charge is 2.52. The van der Waals surface area contributed by atoms with Gasteiger partial charge in [0.2, 0.25) is 0 Å². The van der Waals surface area contributed by atoms with Crippen LogP contribution >= 0.6 is 11.8 Å². The first kappa shape index (κ1) is 24.2. The Hall–Kier alpha value is -2.10. The van der Waals surface area contributed by atoms with Gasteiger partial charge in [-0.15, -0.1) is 11.8 Å². The van der Waals surface area contributed by atoms with Crippen LogP contribution in [-0.2, 0) is 46.4 Å². The van der Waals surface area contributed by atoms with Crippen LogP contribution < -0.4 is 0 Å². The van der Waals surface area contributed by atoms with E-state index in [1.165, 1.54) is 32.5 Å². The zero-order chi connectivity index (χ0) is 22.4. The van der Waals surface area contributed by atoms with Crippen molar-refractivity contribution < 1.29 is 38.4 Å². The van der Waals surface area contributed by atoms with Gasteiger partial charge in [-0.25, -0.2) is 0 Å². The summed E-state index contributed by atoms with van der Waals surface area (Å²) in [5.41, 5.74) is 1.70. The number of aryl methyl sites for hydroxylation is 1. The van der Waals surface area contributed by atoms with E-state index in [4.69, 9.17) is 18.9 Å². The van der Waals surface area contributed by atoms with Crippen LogP contribution in [-0.4, -0.2) is 53.0 Å². The van der Waals surface area contributed by atoms with E-state index in [1.807, 2.05) is 19.1 Å². The quantitative estimate of drug-likeness (QED) is 0.504. The summed E-state index contributed by atoms with van der Waals surface area (Å²) >= 11 is 1.28. The monoisotopic (exact) mass is 440 g/mol. The van der Waals surface area contributed by atoms with Crippen LogP contribution in [0.5, 0.6) is 0 Å². The number of rotatable bonds is 7. The molecule has 1 fully saturated rings. The summed E-state index contributed by atoms with van der Waals surface area (Å²) in [5.74, 6) is -1.77. The van der Waals surface area contributed by atoms with Crippen molar-refractivity contribution in [2.24, 2.45) is 0 Å². The van der Waals surface area contributed by atoms with E-state index >= 15 is 0 Å². The van der Waals surface area contributed by atoms with Gasteiger partial charge in [-0.2, -0.15) is 0 Å². The summed E-state index contributed by atoms with van der Waals surface area (Å²) < 4.78 is 22.5. The third kappa shape index (κ3) is 5.74. The van der Waals surface area contributed by atoms with Crippen LogP contribution in [0.15, 0.2) is 18.2 Å². The van der Waals surface area contributed by atoms with Crippen molar-refractivity contribution in [2.45, 2.75) is 70.6 Å². The van der Waals surface area contributed by atoms with Crippen molar-refractivity contribution in [3.8, 4) is 0 Å². The molecular weight excluding hydrogens is 412 g/mol. The predicted octanol–water partition coefficient (Wildman–Crippen LogP) is 2.30. The molecule has 5 atom stereocenters. The van der Waals surface area contributed by atoms with Crippen LogP contribution in [0.1, 0.15) is 50.5 Å².